The lowest BCUT2D eigenvalue weighted by atomic mass is 10.1. The van der Waals surface area contributed by atoms with Crippen LogP contribution < -0.4 is 14.2 Å². The van der Waals surface area contributed by atoms with Gasteiger partial charge in [0.15, 0.2) is 0 Å². The van der Waals surface area contributed by atoms with Crippen molar-refractivity contribution in [3.8, 4) is 17.2 Å². The highest BCUT2D eigenvalue weighted by Gasteiger charge is 2.09. The van der Waals surface area contributed by atoms with Crippen molar-refractivity contribution in [3.63, 3.8) is 0 Å². The first-order valence-electron chi connectivity index (χ1n) is 19.6. The van der Waals surface area contributed by atoms with Gasteiger partial charge in [-0.2, -0.15) is 0 Å². The first-order chi connectivity index (χ1) is 24.6. The van der Waals surface area contributed by atoms with Crippen LogP contribution in [-0.4, -0.2) is 18.5 Å². The van der Waals surface area contributed by atoms with Gasteiger partial charge in [-0.1, -0.05) is 159 Å². The van der Waals surface area contributed by atoms with Gasteiger partial charge in [-0.15, -0.1) is 0 Å². The van der Waals surface area contributed by atoms with Crippen molar-refractivity contribution >= 4 is 24.1 Å². The molecule has 0 aromatic heterocycles. The normalized spacial score (nSPS) is 11.2. The highest BCUT2D eigenvalue weighted by Crippen LogP contribution is 2.21. The Kier molecular flexibility index (Phi) is 21.1. The second-order valence-electron chi connectivity index (χ2n) is 13.5. The summed E-state index contributed by atoms with van der Waals surface area (Å²) in [5.41, 5.74) is 2.38. The number of hydrogen-bond donors (Lipinski definition) is 0. The summed E-state index contributed by atoms with van der Waals surface area (Å²) < 4.78 is 17.1. The van der Waals surface area contributed by atoms with Gasteiger partial charge in [0.05, 0.1) is 12.2 Å². The summed E-state index contributed by atoms with van der Waals surface area (Å²) in [7, 11) is 0. The number of carbonyl (C=O) groups is 2. The van der Waals surface area contributed by atoms with Gasteiger partial charge in [-0.05, 0) is 72.5 Å². The van der Waals surface area contributed by atoms with Crippen LogP contribution in [-0.2, 0) is 4.79 Å². The maximum absolute atomic E-state index is 12.7. The molecule has 50 heavy (non-hydrogen) atoms. The van der Waals surface area contributed by atoms with Crippen LogP contribution in [0.3, 0.4) is 0 Å². The van der Waals surface area contributed by atoms with Crippen LogP contribution in [0.5, 0.6) is 17.2 Å². The van der Waals surface area contributed by atoms with E-state index in [1.807, 2.05) is 60.7 Å². The monoisotopic (exact) mass is 682 g/mol. The molecule has 0 bridgehead atoms. The van der Waals surface area contributed by atoms with E-state index in [9.17, 15) is 9.59 Å². The molecule has 0 saturated carbocycles. The lowest BCUT2D eigenvalue weighted by molar-refractivity contribution is -0.134. The maximum atomic E-state index is 12.7. The Morgan fingerprint density at radius 1 is 0.500 bits per heavy atom. The molecule has 0 heterocycles. The van der Waals surface area contributed by atoms with E-state index >= 15 is 0 Å². The van der Waals surface area contributed by atoms with E-state index in [0.29, 0.717) is 30.1 Å². The van der Waals surface area contributed by atoms with E-state index in [1.165, 1.54) is 103 Å². The molecule has 0 atom stereocenters. The van der Waals surface area contributed by atoms with E-state index < -0.39 is 5.97 Å². The Hall–Kier alpha value is -3.86. The lowest BCUT2D eigenvalue weighted by Crippen LogP contribution is -2.08. The summed E-state index contributed by atoms with van der Waals surface area (Å²) in [6.45, 7) is 5.19. The zero-order valence-corrected chi connectivity index (χ0v) is 31.0. The van der Waals surface area contributed by atoms with Crippen LogP contribution in [0.2, 0.25) is 0 Å². The van der Waals surface area contributed by atoms with Crippen LogP contribution in [0.4, 0.5) is 0 Å². The summed E-state index contributed by atoms with van der Waals surface area (Å²) in [6.07, 6.45) is 28.3. The Bertz CT molecular complexity index is 1360. The molecule has 0 unspecified atom stereocenters. The van der Waals surface area contributed by atoms with Crippen molar-refractivity contribution in [2.45, 2.75) is 142 Å². The van der Waals surface area contributed by atoms with Gasteiger partial charge in [0.1, 0.15) is 17.2 Å². The molecule has 0 aliphatic heterocycles. The van der Waals surface area contributed by atoms with E-state index in [-0.39, 0.29) is 5.97 Å². The highest BCUT2D eigenvalue weighted by atomic mass is 16.5. The molecule has 5 heteroatoms. The summed E-state index contributed by atoms with van der Waals surface area (Å²) >= 11 is 0. The minimum Gasteiger partial charge on any atom is -0.494 e. The standard InChI is InChI=1S/C45H62O5/c1-3-5-7-9-11-13-15-17-19-21-36-48-41-34-30-40(31-35-41)45(47)50-42-32-28-38(29-33-42)26-27-39-23-22-24-43(37-39)49-44(46)25-20-18-16-14-12-10-8-6-4-2/h22-24,26-35,37H,3-21,25,36H2,1-2H3/b27-26+. The van der Waals surface area contributed by atoms with Gasteiger partial charge in [0.2, 0.25) is 0 Å². The number of esters is 2. The molecule has 0 saturated heterocycles. The molecule has 3 rings (SSSR count). The first-order valence-corrected chi connectivity index (χ1v) is 19.6. The topological polar surface area (TPSA) is 61.8 Å². The van der Waals surface area contributed by atoms with E-state index in [4.69, 9.17) is 14.2 Å². The number of hydrogen-bond acceptors (Lipinski definition) is 5. The van der Waals surface area contributed by atoms with E-state index in [0.717, 1.165) is 36.1 Å². The van der Waals surface area contributed by atoms with Crippen molar-refractivity contribution in [3.05, 3.63) is 89.5 Å². The molecular formula is C45H62O5. The van der Waals surface area contributed by atoms with Crippen molar-refractivity contribution in [1.82, 2.24) is 0 Å². The van der Waals surface area contributed by atoms with Crippen LogP contribution in [0, 0.1) is 0 Å². The fourth-order valence-corrected chi connectivity index (χ4v) is 5.92. The van der Waals surface area contributed by atoms with Crippen molar-refractivity contribution in [2.75, 3.05) is 6.61 Å². The molecule has 0 amide bonds. The SMILES string of the molecule is CCCCCCCCCCCCOc1ccc(C(=O)Oc2ccc(/C=C/c3cccc(OC(=O)CCCCCCCCCCC)c3)cc2)cc1. The summed E-state index contributed by atoms with van der Waals surface area (Å²) in [4.78, 5) is 25.1. The predicted molar refractivity (Wildman–Crippen MR) is 208 cm³/mol. The maximum Gasteiger partial charge on any atom is 0.343 e. The van der Waals surface area contributed by atoms with Crippen molar-refractivity contribution < 1.29 is 23.8 Å². The van der Waals surface area contributed by atoms with Gasteiger partial charge < -0.3 is 14.2 Å². The van der Waals surface area contributed by atoms with Gasteiger partial charge in [0.25, 0.3) is 0 Å². The molecule has 0 aliphatic rings. The molecule has 3 aromatic carbocycles. The lowest BCUT2D eigenvalue weighted by Gasteiger charge is -2.08. The summed E-state index contributed by atoms with van der Waals surface area (Å²) in [5, 5.41) is 0. The fourth-order valence-electron chi connectivity index (χ4n) is 5.92. The van der Waals surface area contributed by atoms with Crippen LogP contribution in [0.1, 0.15) is 164 Å². The quantitative estimate of drug-likeness (QED) is 0.0347. The van der Waals surface area contributed by atoms with Gasteiger partial charge in [0, 0.05) is 6.42 Å². The average Bonchev–Trinajstić information content (AvgIpc) is 3.13. The second kappa shape index (κ2) is 26.0. The van der Waals surface area contributed by atoms with Gasteiger partial charge >= 0.3 is 11.9 Å². The Morgan fingerprint density at radius 3 is 1.62 bits per heavy atom. The second-order valence-corrected chi connectivity index (χ2v) is 13.5. The molecule has 0 spiro atoms. The first kappa shape index (κ1) is 40.6. The largest absolute Gasteiger partial charge is 0.494 e. The van der Waals surface area contributed by atoms with Crippen LogP contribution in [0.25, 0.3) is 12.2 Å². The molecule has 0 fully saturated rings. The number of unbranched alkanes of at least 4 members (excludes halogenated alkanes) is 17. The van der Waals surface area contributed by atoms with Gasteiger partial charge in [-0.3, -0.25) is 4.79 Å². The molecule has 0 N–H and O–H groups in total. The third-order valence-corrected chi connectivity index (χ3v) is 8.99. The minimum atomic E-state index is -0.404. The molecule has 272 valence electrons. The number of benzene rings is 3. The van der Waals surface area contributed by atoms with Crippen molar-refractivity contribution in [2.24, 2.45) is 0 Å². The van der Waals surface area contributed by atoms with E-state index in [2.05, 4.69) is 13.8 Å². The van der Waals surface area contributed by atoms with Crippen LogP contribution in [0.15, 0.2) is 72.8 Å². The Morgan fingerprint density at radius 2 is 1.02 bits per heavy atom. The molecule has 0 aliphatic carbocycles. The predicted octanol–water partition coefficient (Wildman–Crippen LogP) is 13.2. The van der Waals surface area contributed by atoms with Crippen LogP contribution >= 0.6 is 0 Å². The summed E-state index contributed by atoms with van der Waals surface area (Å²) in [5.74, 6) is 1.23. The van der Waals surface area contributed by atoms with Crippen molar-refractivity contribution in [1.29, 1.82) is 0 Å². The number of carbonyl (C=O) groups excluding carboxylic acids is 2. The molecular weight excluding hydrogens is 620 g/mol. The molecule has 0 radical (unpaired) electrons. The zero-order chi connectivity index (χ0) is 35.5. The highest BCUT2D eigenvalue weighted by molar-refractivity contribution is 5.91. The number of ether oxygens (including phenoxy) is 3. The van der Waals surface area contributed by atoms with Gasteiger partial charge in [-0.25, -0.2) is 4.79 Å². The smallest absolute Gasteiger partial charge is 0.343 e. The molecule has 3 aromatic rings. The number of rotatable bonds is 27. The molecule has 5 nitrogen and oxygen atoms in total. The zero-order valence-electron chi connectivity index (χ0n) is 31.0. The summed E-state index contributed by atoms with van der Waals surface area (Å²) in [6, 6.07) is 22.1. The third kappa shape index (κ3) is 18.2. The average molecular weight is 683 g/mol. The fraction of sp³-hybridized carbons (Fsp3) is 0.511. The Labute approximate surface area is 302 Å². The third-order valence-electron chi connectivity index (χ3n) is 8.99. The van der Waals surface area contributed by atoms with E-state index in [1.54, 1.807) is 24.3 Å². The Balaban J connectivity index is 1.31. The minimum absolute atomic E-state index is 0.178.